The highest BCUT2D eigenvalue weighted by Crippen LogP contribution is 2.32. The van der Waals surface area contributed by atoms with Gasteiger partial charge in [0.1, 0.15) is 6.04 Å². The second-order valence-corrected chi connectivity index (χ2v) is 9.06. The number of unbranched alkanes of at least 4 members (excludes halogenated alkanes) is 1. The third-order valence-electron chi connectivity index (χ3n) is 5.30. The fourth-order valence-electron chi connectivity index (χ4n) is 3.36. The predicted octanol–water partition coefficient (Wildman–Crippen LogP) is 4.45. The molecule has 1 aliphatic carbocycles. The molecule has 32 heavy (non-hydrogen) atoms. The van der Waals surface area contributed by atoms with Crippen LogP contribution in [-0.4, -0.2) is 23.8 Å². The fourth-order valence-corrected chi connectivity index (χ4v) is 3.76. The van der Waals surface area contributed by atoms with Crippen LogP contribution in [0.2, 0.25) is 0 Å². The van der Waals surface area contributed by atoms with Gasteiger partial charge in [-0.3, -0.25) is 14.4 Å². The molecule has 0 heterocycles. The van der Waals surface area contributed by atoms with Gasteiger partial charge in [0.05, 0.1) is 11.4 Å². The minimum Gasteiger partial charge on any atom is -0.397 e. The third kappa shape index (κ3) is 8.00. The zero-order chi connectivity index (χ0) is 22.9. The number of rotatable bonds is 11. The number of benzene rings is 2. The van der Waals surface area contributed by atoms with Crippen LogP contribution in [0.3, 0.4) is 0 Å². The topological polar surface area (TPSA) is 113 Å². The van der Waals surface area contributed by atoms with Gasteiger partial charge in [-0.2, -0.15) is 0 Å². The first kappa shape index (κ1) is 23.8. The van der Waals surface area contributed by atoms with Gasteiger partial charge in [0.2, 0.25) is 17.7 Å². The highest BCUT2D eigenvalue weighted by Gasteiger charge is 2.27. The molecule has 3 rings (SSSR count). The summed E-state index contributed by atoms with van der Waals surface area (Å²) >= 11 is 3.39. The number of nitrogen functional groups attached to an aromatic ring is 1. The van der Waals surface area contributed by atoms with Crippen molar-refractivity contribution >= 4 is 50.7 Å². The van der Waals surface area contributed by atoms with Crippen LogP contribution in [0.25, 0.3) is 0 Å². The number of hydrogen-bond donors (Lipinski definition) is 4. The summed E-state index contributed by atoms with van der Waals surface area (Å²) in [5, 5.41) is 8.55. The molecule has 0 aliphatic heterocycles. The Kier molecular flexibility index (Phi) is 8.67. The molecular formula is C24H29BrN4O3. The number of halogens is 1. The maximum absolute atomic E-state index is 12.8. The molecule has 1 fully saturated rings. The van der Waals surface area contributed by atoms with Gasteiger partial charge in [0.15, 0.2) is 0 Å². The van der Waals surface area contributed by atoms with Gasteiger partial charge < -0.3 is 21.7 Å². The molecule has 5 N–H and O–H groups in total. The lowest BCUT2D eigenvalue weighted by Gasteiger charge is -2.19. The van der Waals surface area contributed by atoms with Gasteiger partial charge in [-0.1, -0.05) is 40.5 Å². The van der Waals surface area contributed by atoms with Crippen LogP contribution in [0.5, 0.6) is 0 Å². The zero-order valence-corrected chi connectivity index (χ0v) is 19.5. The van der Waals surface area contributed by atoms with Crippen LogP contribution >= 0.6 is 15.9 Å². The molecule has 0 bridgehead atoms. The summed E-state index contributed by atoms with van der Waals surface area (Å²) in [6.45, 7) is 0. The van der Waals surface area contributed by atoms with E-state index in [0.717, 1.165) is 17.3 Å². The number of nitrogens with two attached hydrogens (primary N) is 1. The molecule has 0 spiro atoms. The first-order valence-electron chi connectivity index (χ1n) is 10.9. The Hall–Kier alpha value is -2.87. The summed E-state index contributed by atoms with van der Waals surface area (Å²) in [5.41, 5.74) is 7.62. The lowest BCUT2D eigenvalue weighted by atomic mass is 10.1. The molecule has 0 unspecified atom stereocenters. The summed E-state index contributed by atoms with van der Waals surface area (Å²) < 4.78 is 0.856. The Morgan fingerprint density at radius 1 is 1.00 bits per heavy atom. The van der Waals surface area contributed by atoms with Crippen molar-refractivity contribution in [1.82, 2.24) is 5.32 Å². The monoisotopic (exact) mass is 500 g/mol. The number of para-hydroxylation sites is 2. The molecule has 3 amide bonds. The van der Waals surface area contributed by atoms with Crippen molar-refractivity contribution in [2.75, 3.05) is 16.4 Å². The molecule has 1 atom stereocenters. The number of amides is 3. The molecule has 0 radical (unpaired) electrons. The maximum Gasteiger partial charge on any atom is 0.246 e. The van der Waals surface area contributed by atoms with E-state index < -0.39 is 6.04 Å². The first-order chi connectivity index (χ1) is 15.4. The van der Waals surface area contributed by atoms with E-state index in [4.69, 9.17) is 5.73 Å². The number of carbonyl (C=O) groups excluding carboxylic acids is 3. The molecule has 0 saturated heterocycles. The van der Waals surface area contributed by atoms with Gasteiger partial charge >= 0.3 is 0 Å². The Labute approximate surface area is 196 Å². The maximum atomic E-state index is 12.8. The van der Waals surface area contributed by atoms with E-state index in [1.54, 1.807) is 24.3 Å². The standard InChI is InChI=1S/C24H29BrN4O3/c25-17-6-5-7-18(15-17)27-24(32)21(29-23(31)14-16-12-13-16)10-3-4-11-22(30)28-20-9-2-1-8-19(20)26/h1-2,5-9,15-16,21H,3-4,10-14,26H2,(H,27,32)(H,28,30)(H,29,31)/t21-/m0/s1. The molecule has 0 aromatic heterocycles. The third-order valence-corrected chi connectivity index (χ3v) is 5.79. The van der Waals surface area contributed by atoms with E-state index in [0.29, 0.717) is 55.1 Å². The van der Waals surface area contributed by atoms with Gasteiger partial charge in [-0.15, -0.1) is 0 Å². The zero-order valence-electron chi connectivity index (χ0n) is 17.9. The molecule has 2 aromatic rings. The van der Waals surface area contributed by atoms with E-state index >= 15 is 0 Å². The molecule has 8 heteroatoms. The smallest absolute Gasteiger partial charge is 0.246 e. The summed E-state index contributed by atoms with van der Waals surface area (Å²) in [6.07, 6.45) is 4.59. The average Bonchev–Trinajstić information content (AvgIpc) is 3.56. The van der Waals surface area contributed by atoms with E-state index in [1.807, 2.05) is 24.3 Å². The highest BCUT2D eigenvalue weighted by molar-refractivity contribution is 9.10. The number of hydrogen-bond acceptors (Lipinski definition) is 4. The van der Waals surface area contributed by atoms with Crippen molar-refractivity contribution in [3.63, 3.8) is 0 Å². The molecule has 2 aromatic carbocycles. The summed E-state index contributed by atoms with van der Waals surface area (Å²) in [7, 11) is 0. The van der Waals surface area contributed by atoms with Crippen molar-refractivity contribution in [2.24, 2.45) is 5.92 Å². The molecule has 170 valence electrons. The number of anilines is 3. The lowest BCUT2D eigenvalue weighted by molar-refractivity contribution is -0.126. The van der Waals surface area contributed by atoms with Gasteiger partial charge in [0, 0.05) is 23.0 Å². The van der Waals surface area contributed by atoms with Gasteiger partial charge in [-0.05, 0) is 61.9 Å². The highest BCUT2D eigenvalue weighted by atomic mass is 79.9. The second kappa shape index (κ2) is 11.7. The summed E-state index contributed by atoms with van der Waals surface area (Å²) in [5.74, 6) is -0.0401. The van der Waals surface area contributed by atoms with Crippen LogP contribution < -0.4 is 21.7 Å². The van der Waals surface area contributed by atoms with E-state index in [2.05, 4.69) is 31.9 Å². The molecule has 1 saturated carbocycles. The lowest BCUT2D eigenvalue weighted by Crippen LogP contribution is -2.43. The van der Waals surface area contributed by atoms with E-state index in [9.17, 15) is 14.4 Å². The molecule has 1 aliphatic rings. The second-order valence-electron chi connectivity index (χ2n) is 8.15. The number of nitrogens with one attached hydrogen (secondary N) is 3. The fraction of sp³-hybridized carbons (Fsp3) is 0.375. The molecule has 7 nitrogen and oxygen atoms in total. The van der Waals surface area contributed by atoms with Crippen molar-refractivity contribution in [2.45, 2.75) is 51.0 Å². The van der Waals surface area contributed by atoms with Crippen molar-refractivity contribution in [3.05, 3.63) is 53.0 Å². The molecular weight excluding hydrogens is 472 g/mol. The Morgan fingerprint density at radius 2 is 1.78 bits per heavy atom. The minimum absolute atomic E-state index is 0.0980. The van der Waals surface area contributed by atoms with Crippen LogP contribution in [-0.2, 0) is 14.4 Å². The summed E-state index contributed by atoms with van der Waals surface area (Å²) in [4.78, 5) is 37.4. The van der Waals surface area contributed by atoms with Crippen molar-refractivity contribution < 1.29 is 14.4 Å². The SMILES string of the molecule is Nc1ccccc1NC(=O)CCCC[C@H](NC(=O)CC1CC1)C(=O)Nc1cccc(Br)c1. The predicted molar refractivity (Wildman–Crippen MR) is 130 cm³/mol. The quantitative estimate of drug-likeness (QED) is 0.269. The Morgan fingerprint density at radius 3 is 2.50 bits per heavy atom. The van der Waals surface area contributed by atoms with E-state index in [1.165, 1.54) is 0 Å². The van der Waals surface area contributed by atoms with Gasteiger partial charge in [0.25, 0.3) is 0 Å². The normalized spacial score (nSPS) is 13.8. The van der Waals surface area contributed by atoms with Crippen LogP contribution in [0, 0.1) is 5.92 Å². The Balaban J connectivity index is 1.49. The Bertz CT molecular complexity index is 962. The van der Waals surface area contributed by atoms with Crippen LogP contribution in [0.1, 0.15) is 44.9 Å². The largest absolute Gasteiger partial charge is 0.397 e. The summed E-state index contributed by atoms with van der Waals surface area (Å²) in [6, 6.07) is 13.8. The van der Waals surface area contributed by atoms with Crippen molar-refractivity contribution in [1.29, 1.82) is 0 Å². The van der Waals surface area contributed by atoms with Crippen LogP contribution in [0.4, 0.5) is 17.1 Å². The van der Waals surface area contributed by atoms with Crippen molar-refractivity contribution in [3.8, 4) is 0 Å². The average molecular weight is 501 g/mol. The van der Waals surface area contributed by atoms with E-state index in [-0.39, 0.29) is 17.7 Å². The number of carbonyl (C=O) groups is 3. The minimum atomic E-state index is -0.645. The van der Waals surface area contributed by atoms with Gasteiger partial charge in [-0.25, -0.2) is 0 Å². The first-order valence-corrected chi connectivity index (χ1v) is 11.7. The van der Waals surface area contributed by atoms with Crippen LogP contribution in [0.15, 0.2) is 53.0 Å².